The summed E-state index contributed by atoms with van der Waals surface area (Å²) in [6.07, 6.45) is 21.6. The predicted molar refractivity (Wildman–Crippen MR) is 358 cm³/mol. The molecule has 0 aliphatic heterocycles. The van der Waals surface area contributed by atoms with Crippen molar-refractivity contribution in [2.45, 2.75) is 63.7 Å². The maximum atomic E-state index is 2.48. The molecule has 0 heterocycles. The molecule has 408 valence electrons. The molecule has 0 saturated heterocycles. The number of nitrogens with zero attached hydrogens (tertiary/aromatic N) is 2. The van der Waals surface area contributed by atoms with Gasteiger partial charge < -0.3 is 9.80 Å². The molecular formula is C82H70N2. The van der Waals surface area contributed by atoms with Gasteiger partial charge in [0.05, 0.1) is 0 Å². The van der Waals surface area contributed by atoms with Crippen LogP contribution in [0, 0.1) is 0 Å². The zero-order valence-electron chi connectivity index (χ0n) is 47.8. The van der Waals surface area contributed by atoms with Crippen LogP contribution in [0.5, 0.6) is 0 Å². The minimum atomic E-state index is 0.283. The highest BCUT2D eigenvalue weighted by Gasteiger charge is 2.23. The fraction of sp³-hybridized carbons (Fsp3) is 0.122. The van der Waals surface area contributed by atoms with Gasteiger partial charge in [0.1, 0.15) is 0 Å². The number of hydrogen-bond donors (Lipinski definition) is 0. The lowest BCUT2D eigenvalue weighted by Crippen LogP contribution is -2.15. The summed E-state index contributed by atoms with van der Waals surface area (Å²) >= 11 is 0. The van der Waals surface area contributed by atoms with Gasteiger partial charge in [-0.25, -0.2) is 0 Å². The van der Waals surface area contributed by atoms with Crippen LogP contribution < -0.4 is 9.80 Å². The summed E-state index contributed by atoms with van der Waals surface area (Å²) in [6, 6.07) is 102. The van der Waals surface area contributed by atoms with Crippen LogP contribution in [0.15, 0.2) is 279 Å². The third-order valence-electron chi connectivity index (χ3n) is 17.1. The Kier molecular flexibility index (Phi) is 16.3. The fourth-order valence-electron chi connectivity index (χ4n) is 12.6. The highest BCUT2D eigenvalue weighted by atomic mass is 15.1. The Hall–Kier alpha value is -9.76. The first kappa shape index (κ1) is 53.5. The number of hydrogen-bond acceptors (Lipinski definition) is 2. The lowest BCUT2D eigenvalue weighted by atomic mass is 9.86. The van der Waals surface area contributed by atoms with Crippen molar-refractivity contribution in [2.75, 3.05) is 9.80 Å². The molecule has 0 saturated carbocycles. The molecule has 0 radical (unpaired) electrons. The Bertz CT molecular complexity index is 3950. The molecule has 84 heavy (non-hydrogen) atoms. The molecule has 0 amide bonds. The molecule has 0 N–H and O–H groups in total. The average molecular weight is 1080 g/mol. The van der Waals surface area contributed by atoms with Crippen LogP contribution >= 0.6 is 0 Å². The van der Waals surface area contributed by atoms with Gasteiger partial charge in [0.15, 0.2) is 0 Å². The second-order valence-corrected chi connectivity index (χ2v) is 22.6. The highest BCUT2D eigenvalue weighted by Crippen LogP contribution is 2.43. The van der Waals surface area contributed by atoms with E-state index in [0.29, 0.717) is 0 Å². The van der Waals surface area contributed by atoms with Gasteiger partial charge in [0.2, 0.25) is 0 Å². The molecule has 0 aromatic heterocycles. The second-order valence-electron chi connectivity index (χ2n) is 22.6. The molecule has 0 unspecified atom stereocenters. The van der Waals surface area contributed by atoms with Crippen LogP contribution in [0.25, 0.3) is 36.0 Å². The van der Waals surface area contributed by atoms with E-state index in [2.05, 4.69) is 319 Å². The van der Waals surface area contributed by atoms with E-state index in [1.807, 2.05) is 0 Å². The largest absolute Gasteiger partial charge is 0.310 e. The molecule has 2 aliphatic rings. The number of fused-ring (bicyclic) bond motifs is 2. The van der Waals surface area contributed by atoms with Crippen molar-refractivity contribution in [3.05, 3.63) is 357 Å². The van der Waals surface area contributed by atoms with E-state index in [1.54, 1.807) is 0 Å². The van der Waals surface area contributed by atoms with Gasteiger partial charge in [0.25, 0.3) is 0 Å². The average Bonchev–Trinajstić information content (AvgIpc) is 3.59. The first-order valence-corrected chi connectivity index (χ1v) is 30.2. The first-order valence-electron chi connectivity index (χ1n) is 30.2. The molecule has 11 aromatic carbocycles. The Balaban J connectivity index is 0.708. The smallest absolute Gasteiger partial charge is 0.0496 e. The van der Waals surface area contributed by atoms with Crippen LogP contribution in [0.1, 0.15) is 109 Å². The van der Waals surface area contributed by atoms with Gasteiger partial charge in [-0.2, -0.15) is 0 Å². The predicted octanol–water partition coefficient (Wildman–Crippen LogP) is 21.7. The Morgan fingerprint density at radius 2 is 0.643 bits per heavy atom. The quantitative estimate of drug-likeness (QED) is 0.0839. The zero-order chi connectivity index (χ0) is 56.3. The molecule has 11 aromatic rings. The van der Waals surface area contributed by atoms with Crippen LogP contribution in [-0.4, -0.2) is 0 Å². The van der Waals surface area contributed by atoms with Crippen molar-refractivity contribution >= 4 is 70.1 Å². The van der Waals surface area contributed by atoms with E-state index in [4.69, 9.17) is 0 Å². The minimum Gasteiger partial charge on any atom is -0.310 e. The normalized spacial score (nSPS) is 12.9. The van der Waals surface area contributed by atoms with E-state index in [1.165, 1.54) is 126 Å². The molecule has 2 heteroatoms. The Morgan fingerprint density at radius 1 is 0.310 bits per heavy atom. The van der Waals surface area contributed by atoms with Crippen molar-refractivity contribution in [3.8, 4) is 0 Å². The Morgan fingerprint density at radius 3 is 1.04 bits per heavy atom. The second kappa shape index (κ2) is 25.6. The van der Waals surface area contributed by atoms with E-state index in [-0.39, 0.29) is 5.92 Å². The molecule has 0 atom stereocenters. The van der Waals surface area contributed by atoms with E-state index >= 15 is 0 Å². The van der Waals surface area contributed by atoms with Crippen molar-refractivity contribution < 1.29 is 0 Å². The maximum absolute atomic E-state index is 2.48. The Labute approximate surface area is 497 Å². The van der Waals surface area contributed by atoms with E-state index in [0.717, 1.165) is 49.0 Å². The topological polar surface area (TPSA) is 6.48 Å². The van der Waals surface area contributed by atoms with Crippen molar-refractivity contribution in [2.24, 2.45) is 0 Å². The third-order valence-corrected chi connectivity index (χ3v) is 17.1. The molecule has 0 fully saturated rings. The highest BCUT2D eigenvalue weighted by molar-refractivity contribution is 5.92. The van der Waals surface area contributed by atoms with Crippen LogP contribution in [0.4, 0.5) is 34.1 Å². The summed E-state index contributed by atoms with van der Waals surface area (Å²) in [4.78, 5) is 4.94. The van der Waals surface area contributed by atoms with Crippen LogP contribution in [0.3, 0.4) is 0 Å². The monoisotopic (exact) mass is 1080 g/mol. The fourth-order valence-corrected chi connectivity index (χ4v) is 12.6. The molecule has 2 aliphatic carbocycles. The van der Waals surface area contributed by atoms with Crippen LogP contribution in [0.2, 0.25) is 0 Å². The van der Waals surface area contributed by atoms with Gasteiger partial charge in [-0.15, -0.1) is 0 Å². The van der Waals surface area contributed by atoms with Gasteiger partial charge in [0, 0.05) is 40.0 Å². The number of benzene rings is 11. The molecule has 0 bridgehead atoms. The van der Waals surface area contributed by atoms with Crippen molar-refractivity contribution in [1.29, 1.82) is 0 Å². The summed E-state index contributed by atoms with van der Waals surface area (Å²) in [6.45, 7) is 0. The van der Waals surface area contributed by atoms with E-state index < -0.39 is 0 Å². The maximum Gasteiger partial charge on any atom is 0.0496 e. The summed E-state index contributed by atoms with van der Waals surface area (Å²) in [5.41, 5.74) is 26.6. The molecular weight excluding hydrogens is 1010 g/mol. The third kappa shape index (κ3) is 12.4. The number of rotatable bonds is 17. The summed E-state index contributed by atoms with van der Waals surface area (Å²) in [5, 5.41) is 0. The van der Waals surface area contributed by atoms with Gasteiger partial charge in [-0.3, -0.25) is 0 Å². The number of anilines is 6. The molecule has 13 rings (SSSR count). The summed E-state index contributed by atoms with van der Waals surface area (Å²) in [7, 11) is 0. The van der Waals surface area contributed by atoms with Gasteiger partial charge in [-0.05, 0) is 208 Å². The van der Waals surface area contributed by atoms with Crippen molar-refractivity contribution in [1.82, 2.24) is 0 Å². The minimum absolute atomic E-state index is 0.283. The number of aryl methyl sites for hydroxylation is 2. The zero-order valence-corrected chi connectivity index (χ0v) is 47.8. The van der Waals surface area contributed by atoms with Gasteiger partial charge in [-0.1, -0.05) is 243 Å². The summed E-state index contributed by atoms with van der Waals surface area (Å²) in [5.74, 6) is 0.283. The standard InChI is InChI=1S/C82H70N2/c1-5-19-69(20-6-1)79(70-21-7-2-8-22-70)59-65-47-55-75(56-48-65)83(81-33-17-29-67-27-13-15-31-77(67)81)73-51-43-63(44-52-73)41-39-61-35-37-62(38-36-61)40-42-64-45-53-74(54-46-64)84(82-34-18-30-68-28-14-16-32-78(68)82)76-57-49-66(50-58-76)60-80(71-23-9-3-10-24-71)72-25-11-4-12-26-72/h1-12,17-26,29-30,33-59,80H,13-16,27-28,31-32,60H2. The van der Waals surface area contributed by atoms with E-state index in [9.17, 15) is 0 Å². The van der Waals surface area contributed by atoms with Crippen LogP contribution in [-0.2, 0) is 32.1 Å². The SMILES string of the molecule is C(=Cc1ccc(N(c2ccc(C=C(c3ccccc3)c3ccccc3)cc2)c2cccc3c2CCCC3)cc1)c1ccc(C=Cc2ccc(N(c3ccc(CC(c4ccccc4)c4ccccc4)cc3)c3cccc4c3CCCC4)cc2)cc1. The van der Waals surface area contributed by atoms with Crippen molar-refractivity contribution in [3.63, 3.8) is 0 Å². The summed E-state index contributed by atoms with van der Waals surface area (Å²) < 4.78 is 0. The first-order chi connectivity index (χ1) is 41.6. The lowest BCUT2D eigenvalue weighted by Gasteiger charge is -2.30. The molecule has 2 nitrogen and oxygen atoms in total. The van der Waals surface area contributed by atoms with Gasteiger partial charge >= 0.3 is 0 Å². The lowest BCUT2D eigenvalue weighted by molar-refractivity contribution is 0.686. The molecule has 0 spiro atoms.